The van der Waals surface area contributed by atoms with E-state index in [1.807, 2.05) is 18.2 Å². The number of nitrogens with zero attached hydrogens (tertiary/aromatic N) is 2. The number of nitrogens with two attached hydrogens (primary N) is 1. The van der Waals surface area contributed by atoms with Gasteiger partial charge in [0.1, 0.15) is 5.82 Å². The van der Waals surface area contributed by atoms with Crippen molar-refractivity contribution in [1.82, 2.24) is 4.98 Å². The minimum Gasteiger partial charge on any atom is -0.399 e. The maximum Gasteiger partial charge on any atom is 0.129 e. The van der Waals surface area contributed by atoms with E-state index < -0.39 is 0 Å². The predicted octanol–water partition coefficient (Wildman–Crippen LogP) is 3.59. The Hall–Kier alpha value is -1.77. The molecule has 4 rings (SSSR count). The Morgan fingerprint density at radius 1 is 1.05 bits per heavy atom. The van der Waals surface area contributed by atoms with E-state index in [4.69, 9.17) is 10.7 Å². The van der Waals surface area contributed by atoms with Gasteiger partial charge in [0.05, 0.1) is 5.52 Å². The third-order valence-electron chi connectivity index (χ3n) is 4.99. The zero-order chi connectivity index (χ0) is 13.5. The smallest absolute Gasteiger partial charge is 0.129 e. The number of rotatable bonds is 1. The minimum absolute atomic E-state index is 0.725. The maximum absolute atomic E-state index is 5.84. The van der Waals surface area contributed by atoms with Crippen molar-refractivity contribution in [2.45, 2.75) is 38.1 Å². The number of pyridine rings is 1. The van der Waals surface area contributed by atoms with Crippen molar-refractivity contribution < 1.29 is 0 Å². The Balaban J connectivity index is 1.72. The van der Waals surface area contributed by atoms with E-state index in [1.54, 1.807) is 0 Å². The van der Waals surface area contributed by atoms with E-state index in [-0.39, 0.29) is 0 Å². The Morgan fingerprint density at radius 3 is 2.90 bits per heavy atom. The molecule has 2 unspecified atom stereocenters. The van der Waals surface area contributed by atoms with Crippen LogP contribution in [0.25, 0.3) is 10.9 Å². The van der Waals surface area contributed by atoms with Crippen LogP contribution in [0.4, 0.5) is 11.5 Å². The van der Waals surface area contributed by atoms with Gasteiger partial charge in [0.15, 0.2) is 0 Å². The zero-order valence-corrected chi connectivity index (χ0v) is 11.8. The summed E-state index contributed by atoms with van der Waals surface area (Å²) in [5.41, 5.74) is 7.70. The van der Waals surface area contributed by atoms with E-state index in [0.29, 0.717) is 0 Å². The number of nitrogen functional groups attached to an aromatic ring is 1. The lowest BCUT2D eigenvalue weighted by molar-refractivity contribution is 0.361. The van der Waals surface area contributed by atoms with Crippen molar-refractivity contribution in [3.8, 4) is 0 Å². The van der Waals surface area contributed by atoms with Gasteiger partial charge in [0.25, 0.3) is 0 Å². The van der Waals surface area contributed by atoms with Gasteiger partial charge in [-0.15, -0.1) is 0 Å². The Morgan fingerprint density at radius 2 is 1.95 bits per heavy atom. The molecular weight excluding hydrogens is 246 g/mol. The molecule has 20 heavy (non-hydrogen) atoms. The monoisotopic (exact) mass is 267 g/mol. The summed E-state index contributed by atoms with van der Waals surface area (Å²) in [5, 5.41) is 1.13. The molecule has 1 aromatic carbocycles. The molecule has 2 aromatic rings. The van der Waals surface area contributed by atoms with Gasteiger partial charge in [0.2, 0.25) is 0 Å². The molecule has 104 valence electrons. The number of piperidine rings is 1. The van der Waals surface area contributed by atoms with Crippen LogP contribution in [0, 0.1) is 5.92 Å². The summed E-state index contributed by atoms with van der Waals surface area (Å²) in [6, 6.07) is 11.0. The second-order valence-corrected chi connectivity index (χ2v) is 6.22. The first-order valence-corrected chi connectivity index (χ1v) is 7.74. The van der Waals surface area contributed by atoms with Gasteiger partial charge in [-0.25, -0.2) is 4.98 Å². The van der Waals surface area contributed by atoms with Crippen LogP contribution in [-0.2, 0) is 0 Å². The van der Waals surface area contributed by atoms with Crippen LogP contribution in [0.3, 0.4) is 0 Å². The first-order valence-electron chi connectivity index (χ1n) is 7.74. The summed E-state index contributed by atoms with van der Waals surface area (Å²) in [4.78, 5) is 7.42. The third-order valence-corrected chi connectivity index (χ3v) is 4.99. The molecule has 2 fully saturated rings. The van der Waals surface area contributed by atoms with Gasteiger partial charge in [0, 0.05) is 23.7 Å². The van der Waals surface area contributed by atoms with Crippen molar-refractivity contribution in [2.75, 3.05) is 17.2 Å². The van der Waals surface area contributed by atoms with Crippen molar-refractivity contribution >= 4 is 22.4 Å². The van der Waals surface area contributed by atoms with E-state index in [1.165, 1.54) is 32.1 Å². The highest BCUT2D eigenvalue weighted by Gasteiger charge is 2.35. The molecule has 2 atom stereocenters. The second kappa shape index (κ2) is 4.65. The first kappa shape index (κ1) is 12.0. The molecule has 0 bridgehead atoms. The highest BCUT2D eigenvalue weighted by Crippen LogP contribution is 2.38. The SMILES string of the molecule is Nc1ccc2nc(N3CCCC4CCCC43)ccc2c1. The molecule has 1 aromatic heterocycles. The van der Waals surface area contributed by atoms with E-state index in [2.05, 4.69) is 17.0 Å². The topological polar surface area (TPSA) is 42.1 Å². The lowest BCUT2D eigenvalue weighted by atomic mass is 9.92. The fourth-order valence-electron chi connectivity index (χ4n) is 4.03. The number of hydrogen-bond donors (Lipinski definition) is 1. The van der Waals surface area contributed by atoms with Crippen LogP contribution >= 0.6 is 0 Å². The maximum atomic E-state index is 5.84. The first-order chi connectivity index (χ1) is 9.81. The summed E-state index contributed by atoms with van der Waals surface area (Å²) in [5.74, 6) is 2.05. The Labute approximate surface area is 119 Å². The molecule has 2 aliphatic rings. The zero-order valence-electron chi connectivity index (χ0n) is 11.8. The average molecular weight is 267 g/mol. The van der Waals surface area contributed by atoms with Crippen LogP contribution in [0.2, 0.25) is 0 Å². The van der Waals surface area contributed by atoms with Crippen molar-refractivity contribution in [3.63, 3.8) is 0 Å². The molecule has 0 spiro atoms. The second-order valence-electron chi connectivity index (χ2n) is 6.22. The number of aromatic nitrogens is 1. The lowest BCUT2D eigenvalue weighted by Gasteiger charge is -2.38. The molecule has 1 aliphatic heterocycles. The molecule has 0 amide bonds. The molecule has 2 heterocycles. The fourth-order valence-corrected chi connectivity index (χ4v) is 4.03. The summed E-state index contributed by atoms with van der Waals surface area (Å²) in [6.07, 6.45) is 6.85. The molecule has 1 aliphatic carbocycles. The van der Waals surface area contributed by atoms with Crippen LogP contribution in [0.15, 0.2) is 30.3 Å². The van der Waals surface area contributed by atoms with Crippen LogP contribution in [0.5, 0.6) is 0 Å². The largest absolute Gasteiger partial charge is 0.399 e. The van der Waals surface area contributed by atoms with Gasteiger partial charge in [-0.05, 0) is 61.9 Å². The fraction of sp³-hybridized carbons (Fsp3) is 0.471. The predicted molar refractivity (Wildman–Crippen MR) is 83.9 cm³/mol. The lowest BCUT2D eigenvalue weighted by Crippen LogP contribution is -2.43. The molecular formula is C17H21N3. The van der Waals surface area contributed by atoms with Gasteiger partial charge < -0.3 is 10.6 Å². The molecule has 3 heteroatoms. The highest BCUT2D eigenvalue weighted by atomic mass is 15.2. The minimum atomic E-state index is 0.725. The normalized spacial score (nSPS) is 25.9. The number of hydrogen-bond acceptors (Lipinski definition) is 3. The Kier molecular flexibility index (Phi) is 2.79. The molecule has 1 saturated carbocycles. The van der Waals surface area contributed by atoms with Crippen molar-refractivity contribution in [2.24, 2.45) is 5.92 Å². The van der Waals surface area contributed by atoms with Gasteiger partial charge in [-0.3, -0.25) is 0 Å². The van der Waals surface area contributed by atoms with Gasteiger partial charge >= 0.3 is 0 Å². The molecule has 3 nitrogen and oxygen atoms in total. The summed E-state index contributed by atoms with van der Waals surface area (Å²) in [6.45, 7) is 1.16. The van der Waals surface area contributed by atoms with Crippen molar-refractivity contribution in [3.05, 3.63) is 30.3 Å². The van der Waals surface area contributed by atoms with Gasteiger partial charge in [-0.2, -0.15) is 0 Å². The average Bonchev–Trinajstić information content (AvgIpc) is 2.95. The summed E-state index contributed by atoms with van der Waals surface area (Å²) < 4.78 is 0. The quantitative estimate of drug-likeness (QED) is 0.803. The Bertz CT molecular complexity index is 637. The van der Waals surface area contributed by atoms with Crippen molar-refractivity contribution in [1.29, 1.82) is 0 Å². The number of fused-ring (bicyclic) bond motifs is 2. The molecule has 2 N–H and O–H groups in total. The van der Waals surface area contributed by atoms with Crippen LogP contribution < -0.4 is 10.6 Å². The molecule has 1 saturated heterocycles. The van der Waals surface area contributed by atoms with E-state index in [0.717, 1.165) is 40.9 Å². The highest BCUT2D eigenvalue weighted by molar-refractivity contribution is 5.83. The van der Waals surface area contributed by atoms with E-state index in [9.17, 15) is 0 Å². The van der Waals surface area contributed by atoms with Crippen LogP contribution in [-0.4, -0.2) is 17.6 Å². The van der Waals surface area contributed by atoms with Gasteiger partial charge in [-0.1, -0.05) is 6.42 Å². The third kappa shape index (κ3) is 1.92. The standard InChI is InChI=1S/C17H21N3/c18-14-7-8-15-13(11-14)6-9-17(19-15)20-10-2-4-12-3-1-5-16(12)20/h6-9,11-12,16H,1-5,10,18H2. The summed E-state index contributed by atoms with van der Waals surface area (Å²) in [7, 11) is 0. The molecule has 0 radical (unpaired) electrons. The van der Waals surface area contributed by atoms with E-state index >= 15 is 0 Å². The van der Waals surface area contributed by atoms with Crippen LogP contribution in [0.1, 0.15) is 32.1 Å². The number of anilines is 2. The number of benzene rings is 1. The summed E-state index contributed by atoms with van der Waals surface area (Å²) >= 11 is 0.